The summed E-state index contributed by atoms with van der Waals surface area (Å²) in [6, 6.07) is 6.91. The Hall–Kier alpha value is -1.59. The van der Waals surface area contributed by atoms with E-state index in [0.29, 0.717) is 15.6 Å². The minimum Gasteiger partial charge on any atom is -0.493 e. The van der Waals surface area contributed by atoms with E-state index in [9.17, 15) is 9.90 Å². The van der Waals surface area contributed by atoms with Crippen molar-refractivity contribution in [2.24, 2.45) is 4.99 Å². The molecule has 6 heteroatoms. The summed E-state index contributed by atoms with van der Waals surface area (Å²) in [7, 11) is 0. The number of aromatic amines is 1. The first-order valence-electron chi connectivity index (χ1n) is 4.37. The number of nitrogens with one attached hydrogen (secondary N) is 1. The highest BCUT2D eigenvalue weighted by molar-refractivity contribution is 7.11. The first-order chi connectivity index (χ1) is 7.65. The molecule has 4 nitrogen and oxygen atoms in total. The zero-order chi connectivity index (χ0) is 11.5. The lowest BCUT2D eigenvalue weighted by atomic mass is 10.3. The molecule has 0 aliphatic carbocycles. The molecule has 0 saturated heterocycles. The van der Waals surface area contributed by atoms with E-state index in [4.69, 9.17) is 11.6 Å². The lowest BCUT2D eigenvalue weighted by Gasteiger charge is -1.92. The SMILES string of the molecule is O=c1[nH]c(O)c(C=Nc2ccc(Cl)cc2)s1. The topological polar surface area (TPSA) is 65.5 Å². The monoisotopic (exact) mass is 254 g/mol. The van der Waals surface area contributed by atoms with Crippen LogP contribution in [0.25, 0.3) is 0 Å². The molecular weight excluding hydrogens is 248 g/mol. The molecule has 0 unspecified atom stereocenters. The molecule has 2 rings (SSSR count). The Balaban J connectivity index is 2.24. The zero-order valence-electron chi connectivity index (χ0n) is 7.98. The van der Waals surface area contributed by atoms with Crippen molar-refractivity contribution in [1.82, 2.24) is 4.98 Å². The van der Waals surface area contributed by atoms with Gasteiger partial charge in [-0.2, -0.15) is 0 Å². The number of thiazole rings is 1. The summed E-state index contributed by atoms with van der Waals surface area (Å²) in [6.45, 7) is 0. The van der Waals surface area contributed by atoms with Crippen LogP contribution in [-0.2, 0) is 0 Å². The number of aromatic nitrogens is 1. The molecule has 1 aromatic carbocycles. The summed E-state index contributed by atoms with van der Waals surface area (Å²) in [5, 5.41) is 9.93. The van der Waals surface area contributed by atoms with E-state index >= 15 is 0 Å². The van der Waals surface area contributed by atoms with Gasteiger partial charge in [0.15, 0.2) is 0 Å². The van der Waals surface area contributed by atoms with Gasteiger partial charge < -0.3 is 5.11 Å². The van der Waals surface area contributed by atoms with Gasteiger partial charge in [0.25, 0.3) is 0 Å². The van der Waals surface area contributed by atoms with Crippen LogP contribution in [-0.4, -0.2) is 16.3 Å². The number of H-pyrrole nitrogens is 1. The Labute approximate surface area is 99.9 Å². The van der Waals surface area contributed by atoms with Crippen molar-refractivity contribution >= 4 is 34.8 Å². The van der Waals surface area contributed by atoms with E-state index in [2.05, 4.69) is 9.98 Å². The lowest BCUT2D eigenvalue weighted by Crippen LogP contribution is -1.89. The van der Waals surface area contributed by atoms with E-state index in [1.807, 2.05) is 0 Å². The molecule has 0 aliphatic rings. The highest BCUT2D eigenvalue weighted by atomic mass is 35.5. The predicted octanol–water partition coefficient (Wildman–Crippen LogP) is 2.55. The fourth-order valence-electron chi connectivity index (χ4n) is 1.08. The molecule has 82 valence electrons. The van der Waals surface area contributed by atoms with Gasteiger partial charge in [0.05, 0.1) is 11.9 Å². The summed E-state index contributed by atoms with van der Waals surface area (Å²) < 4.78 is 0. The fourth-order valence-corrected chi connectivity index (χ4v) is 1.81. The highest BCUT2D eigenvalue weighted by Crippen LogP contribution is 2.18. The molecule has 0 fully saturated rings. The molecule has 0 radical (unpaired) electrons. The van der Waals surface area contributed by atoms with Gasteiger partial charge in [-0.1, -0.05) is 22.9 Å². The van der Waals surface area contributed by atoms with Gasteiger partial charge in [0.2, 0.25) is 5.88 Å². The molecular formula is C10H7ClN2O2S. The van der Waals surface area contributed by atoms with Crippen LogP contribution >= 0.6 is 22.9 Å². The number of rotatable bonds is 2. The summed E-state index contributed by atoms with van der Waals surface area (Å²) in [5.41, 5.74) is 0.699. The summed E-state index contributed by atoms with van der Waals surface area (Å²) in [5.74, 6) is -0.160. The average molecular weight is 255 g/mol. The quantitative estimate of drug-likeness (QED) is 0.809. The predicted molar refractivity (Wildman–Crippen MR) is 65.3 cm³/mol. The van der Waals surface area contributed by atoms with Gasteiger partial charge in [-0.3, -0.25) is 14.8 Å². The van der Waals surface area contributed by atoms with Gasteiger partial charge in [0, 0.05) is 5.02 Å². The van der Waals surface area contributed by atoms with Gasteiger partial charge in [-0.15, -0.1) is 0 Å². The summed E-state index contributed by atoms with van der Waals surface area (Å²) >= 11 is 6.62. The van der Waals surface area contributed by atoms with Crippen molar-refractivity contribution in [3.05, 3.63) is 43.8 Å². The average Bonchev–Trinajstić information content (AvgIpc) is 2.57. The maximum atomic E-state index is 10.9. The lowest BCUT2D eigenvalue weighted by molar-refractivity contribution is 0.455. The number of nitrogens with zero attached hydrogens (tertiary/aromatic N) is 1. The third-order valence-electron chi connectivity index (χ3n) is 1.81. The van der Waals surface area contributed by atoms with Crippen LogP contribution in [0.4, 0.5) is 5.69 Å². The van der Waals surface area contributed by atoms with Gasteiger partial charge in [-0.05, 0) is 24.3 Å². The Kier molecular flexibility index (Phi) is 3.07. The van der Waals surface area contributed by atoms with Crippen LogP contribution in [0.1, 0.15) is 4.88 Å². The molecule has 2 aromatic rings. The number of aliphatic imine (C=N–C) groups is 1. The molecule has 0 aliphatic heterocycles. The Morgan fingerprint density at radius 3 is 2.62 bits per heavy atom. The fraction of sp³-hybridized carbons (Fsp3) is 0. The first-order valence-corrected chi connectivity index (χ1v) is 5.56. The van der Waals surface area contributed by atoms with E-state index < -0.39 is 0 Å². The Bertz CT molecular complexity index is 571. The normalized spacial score (nSPS) is 11.1. The van der Waals surface area contributed by atoms with Crippen LogP contribution < -0.4 is 4.87 Å². The van der Waals surface area contributed by atoms with Crippen molar-refractivity contribution in [1.29, 1.82) is 0 Å². The Morgan fingerprint density at radius 2 is 2.06 bits per heavy atom. The second-order valence-electron chi connectivity index (χ2n) is 2.96. The molecule has 0 bridgehead atoms. The smallest absolute Gasteiger partial charge is 0.307 e. The Morgan fingerprint density at radius 1 is 1.38 bits per heavy atom. The number of aromatic hydroxyl groups is 1. The van der Waals surface area contributed by atoms with Gasteiger partial charge in [0.1, 0.15) is 4.88 Å². The van der Waals surface area contributed by atoms with E-state index in [1.54, 1.807) is 24.3 Å². The molecule has 1 aromatic heterocycles. The third kappa shape index (κ3) is 2.50. The highest BCUT2D eigenvalue weighted by Gasteiger charge is 2.02. The van der Waals surface area contributed by atoms with Crippen LogP contribution in [0.15, 0.2) is 34.1 Å². The van der Waals surface area contributed by atoms with Crippen molar-refractivity contribution in [3.8, 4) is 5.88 Å². The molecule has 1 heterocycles. The van der Waals surface area contributed by atoms with Crippen LogP contribution in [0, 0.1) is 0 Å². The van der Waals surface area contributed by atoms with Crippen LogP contribution in [0.2, 0.25) is 5.02 Å². The van der Waals surface area contributed by atoms with Crippen molar-refractivity contribution in [3.63, 3.8) is 0 Å². The standard InChI is InChI=1S/C10H7ClN2O2S/c11-6-1-3-7(4-2-6)12-5-8-9(14)13-10(15)16-8/h1-5,14H,(H,13,15). The maximum absolute atomic E-state index is 10.9. The molecule has 2 N–H and O–H groups in total. The van der Waals surface area contributed by atoms with Crippen molar-refractivity contribution in [2.75, 3.05) is 0 Å². The minimum atomic E-state index is -0.310. The van der Waals surface area contributed by atoms with Gasteiger partial charge >= 0.3 is 4.87 Å². The third-order valence-corrected chi connectivity index (χ3v) is 2.87. The zero-order valence-corrected chi connectivity index (χ0v) is 9.55. The molecule has 0 atom stereocenters. The first kappa shape index (κ1) is 10.9. The number of halogens is 1. The second-order valence-corrected chi connectivity index (χ2v) is 4.41. The van der Waals surface area contributed by atoms with Gasteiger partial charge in [-0.25, -0.2) is 0 Å². The van der Waals surface area contributed by atoms with Crippen LogP contribution in [0.3, 0.4) is 0 Å². The molecule has 16 heavy (non-hydrogen) atoms. The van der Waals surface area contributed by atoms with Crippen molar-refractivity contribution < 1.29 is 5.11 Å². The molecule has 0 spiro atoms. The largest absolute Gasteiger partial charge is 0.493 e. The number of benzene rings is 1. The van der Waals surface area contributed by atoms with E-state index in [1.165, 1.54) is 6.21 Å². The molecule has 0 saturated carbocycles. The number of hydrogen-bond acceptors (Lipinski definition) is 4. The maximum Gasteiger partial charge on any atom is 0.307 e. The summed E-state index contributed by atoms with van der Waals surface area (Å²) in [6.07, 6.45) is 1.43. The second kappa shape index (κ2) is 4.51. The number of hydrogen-bond donors (Lipinski definition) is 2. The minimum absolute atomic E-state index is 0.160. The van der Waals surface area contributed by atoms with Crippen molar-refractivity contribution in [2.45, 2.75) is 0 Å². The van der Waals surface area contributed by atoms with E-state index in [-0.39, 0.29) is 10.8 Å². The van der Waals surface area contributed by atoms with E-state index in [0.717, 1.165) is 11.3 Å². The molecule has 0 amide bonds. The summed E-state index contributed by atoms with van der Waals surface area (Å²) in [4.78, 5) is 17.3. The van der Waals surface area contributed by atoms with Crippen LogP contribution in [0.5, 0.6) is 5.88 Å².